The molecule has 4 nitrogen and oxygen atoms in total. The smallest absolute Gasteiger partial charge is 0.325 e. The number of ether oxygens (including phenoxy) is 1. The van der Waals surface area contributed by atoms with E-state index in [1.165, 1.54) is 19.3 Å². The van der Waals surface area contributed by atoms with Gasteiger partial charge in [-0.1, -0.05) is 25.3 Å². The van der Waals surface area contributed by atoms with Gasteiger partial charge in [-0.2, -0.15) is 0 Å². The first-order valence-electron chi connectivity index (χ1n) is 6.75. The Kier molecular flexibility index (Phi) is 7.14. The van der Waals surface area contributed by atoms with Crippen molar-refractivity contribution in [1.29, 1.82) is 0 Å². The minimum absolute atomic E-state index is 0.0251. The maximum absolute atomic E-state index is 11.6. The van der Waals surface area contributed by atoms with Crippen LogP contribution in [0, 0.1) is 5.92 Å². The Morgan fingerprint density at radius 1 is 1.28 bits per heavy atom. The molecule has 0 atom stereocenters. The summed E-state index contributed by atoms with van der Waals surface area (Å²) in [5.74, 6) is 0.0759. The monoisotopic (exact) mass is 253 g/mol. The van der Waals surface area contributed by atoms with Crippen LogP contribution >= 0.6 is 0 Å². The van der Waals surface area contributed by atoms with Crippen molar-refractivity contribution < 1.29 is 14.3 Å². The molecule has 18 heavy (non-hydrogen) atoms. The first-order valence-corrected chi connectivity index (χ1v) is 6.75. The molecule has 0 aliphatic heterocycles. The predicted octanol–water partition coefficient (Wildman–Crippen LogP) is 2.19. The Hall–Kier alpha value is -1.32. The summed E-state index contributed by atoms with van der Waals surface area (Å²) >= 11 is 0. The van der Waals surface area contributed by atoms with Gasteiger partial charge in [0.25, 0.3) is 0 Å². The maximum atomic E-state index is 11.6. The number of hydrogen-bond donors (Lipinski definition) is 1. The Morgan fingerprint density at radius 3 is 2.67 bits per heavy atom. The summed E-state index contributed by atoms with van der Waals surface area (Å²) in [5, 5.41) is 2.62. The van der Waals surface area contributed by atoms with Crippen molar-refractivity contribution in [3.8, 4) is 0 Å². The first-order chi connectivity index (χ1) is 8.72. The van der Waals surface area contributed by atoms with Gasteiger partial charge in [0.15, 0.2) is 0 Å². The summed E-state index contributed by atoms with van der Waals surface area (Å²) in [7, 11) is 0. The normalized spacial score (nSPS) is 16.0. The third-order valence-corrected chi connectivity index (χ3v) is 3.21. The van der Waals surface area contributed by atoms with E-state index in [1.807, 2.05) is 0 Å². The maximum Gasteiger partial charge on any atom is 0.325 e. The third kappa shape index (κ3) is 6.42. The second kappa shape index (κ2) is 8.72. The zero-order valence-electron chi connectivity index (χ0n) is 11.0. The number of nitrogens with one attached hydrogen (secondary N) is 1. The molecule has 1 aliphatic rings. The van der Waals surface area contributed by atoms with Gasteiger partial charge in [-0.15, -0.1) is 6.58 Å². The van der Waals surface area contributed by atoms with E-state index in [9.17, 15) is 9.59 Å². The van der Waals surface area contributed by atoms with Gasteiger partial charge in [0.2, 0.25) is 5.91 Å². The van der Waals surface area contributed by atoms with E-state index in [4.69, 9.17) is 4.74 Å². The summed E-state index contributed by atoms with van der Waals surface area (Å²) < 4.78 is 4.90. The van der Waals surface area contributed by atoms with Gasteiger partial charge in [-0.25, -0.2) is 0 Å². The number of carbonyl (C=O) groups is 2. The summed E-state index contributed by atoms with van der Waals surface area (Å²) in [6.07, 6.45) is 8.88. The van der Waals surface area contributed by atoms with Gasteiger partial charge >= 0.3 is 5.97 Å². The standard InChI is InChI=1S/C14H23NO3/c1-2-3-9-18-14(17)11-15-13(16)10-12-7-5-4-6-8-12/h2,12H,1,3-11H2,(H,15,16). The Labute approximate surface area is 109 Å². The van der Waals surface area contributed by atoms with Crippen LogP contribution in [0.2, 0.25) is 0 Å². The lowest BCUT2D eigenvalue weighted by Crippen LogP contribution is -2.32. The largest absolute Gasteiger partial charge is 0.464 e. The van der Waals surface area contributed by atoms with Crippen molar-refractivity contribution in [3.05, 3.63) is 12.7 Å². The highest BCUT2D eigenvalue weighted by atomic mass is 16.5. The van der Waals surface area contributed by atoms with E-state index < -0.39 is 0 Å². The van der Waals surface area contributed by atoms with Crippen LogP contribution in [0.3, 0.4) is 0 Å². The quantitative estimate of drug-likeness (QED) is 0.430. The minimum atomic E-state index is -0.381. The predicted molar refractivity (Wildman–Crippen MR) is 70.0 cm³/mol. The van der Waals surface area contributed by atoms with Gasteiger partial charge in [0.05, 0.1) is 6.61 Å². The highest BCUT2D eigenvalue weighted by molar-refractivity contribution is 5.81. The Balaban J connectivity index is 2.08. The van der Waals surface area contributed by atoms with E-state index in [-0.39, 0.29) is 18.4 Å². The summed E-state index contributed by atoms with van der Waals surface area (Å²) in [6, 6.07) is 0. The van der Waals surface area contributed by atoms with Crippen LogP contribution in [0.25, 0.3) is 0 Å². The molecule has 1 rings (SSSR count). The molecule has 4 heteroatoms. The Morgan fingerprint density at radius 2 is 2.00 bits per heavy atom. The number of amides is 1. The highest BCUT2D eigenvalue weighted by Crippen LogP contribution is 2.25. The number of esters is 1. The van der Waals surface area contributed by atoms with Crippen molar-refractivity contribution in [2.75, 3.05) is 13.2 Å². The van der Waals surface area contributed by atoms with Crippen molar-refractivity contribution in [2.24, 2.45) is 5.92 Å². The van der Waals surface area contributed by atoms with Crippen LogP contribution in [0.1, 0.15) is 44.9 Å². The number of carbonyl (C=O) groups excluding carboxylic acids is 2. The zero-order chi connectivity index (χ0) is 13.2. The molecule has 0 aromatic carbocycles. The topological polar surface area (TPSA) is 55.4 Å². The average molecular weight is 253 g/mol. The molecular formula is C14H23NO3. The van der Waals surface area contributed by atoms with E-state index in [1.54, 1.807) is 6.08 Å². The van der Waals surface area contributed by atoms with Crippen molar-refractivity contribution in [3.63, 3.8) is 0 Å². The van der Waals surface area contributed by atoms with Gasteiger partial charge in [0.1, 0.15) is 6.54 Å². The third-order valence-electron chi connectivity index (χ3n) is 3.21. The fourth-order valence-electron chi connectivity index (χ4n) is 2.20. The van der Waals surface area contributed by atoms with Crippen LogP contribution in [0.15, 0.2) is 12.7 Å². The molecule has 0 aromatic heterocycles. The fraction of sp³-hybridized carbons (Fsp3) is 0.714. The lowest BCUT2D eigenvalue weighted by Gasteiger charge is -2.20. The average Bonchev–Trinajstić information content (AvgIpc) is 2.38. The van der Waals surface area contributed by atoms with E-state index in [0.29, 0.717) is 25.4 Å². The van der Waals surface area contributed by atoms with Gasteiger partial charge in [-0.05, 0) is 25.2 Å². The lowest BCUT2D eigenvalue weighted by molar-refractivity contribution is -0.143. The number of hydrogen-bond acceptors (Lipinski definition) is 3. The van der Waals surface area contributed by atoms with Crippen molar-refractivity contribution in [2.45, 2.75) is 44.9 Å². The SMILES string of the molecule is C=CCCOC(=O)CNC(=O)CC1CCCCC1. The molecule has 0 bridgehead atoms. The van der Waals surface area contributed by atoms with Crippen molar-refractivity contribution >= 4 is 11.9 Å². The molecule has 1 N–H and O–H groups in total. The van der Waals surface area contributed by atoms with E-state index >= 15 is 0 Å². The molecule has 0 spiro atoms. The number of rotatable bonds is 7. The Bertz CT molecular complexity index is 283. The fourth-order valence-corrected chi connectivity index (χ4v) is 2.20. The second-order valence-electron chi connectivity index (χ2n) is 4.78. The molecular weight excluding hydrogens is 230 g/mol. The molecule has 1 aliphatic carbocycles. The molecule has 0 aromatic rings. The summed E-state index contributed by atoms with van der Waals surface area (Å²) in [4.78, 5) is 22.9. The van der Waals surface area contributed by atoms with Gasteiger partial charge in [0, 0.05) is 6.42 Å². The molecule has 1 amide bonds. The molecule has 1 saturated carbocycles. The molecule has 0 unspecified atom stereocenters. The summed E-state index contributed by atoms with van der Waals surface area (Å²) in [5.41, 5.74) is 0. The van der Waals surface area contributed by atoms with Crippen LogP contribution in [-0.2, 0) is 14.3 Å². The molecule has 0 heterocycles. The van der Waals surface area contributed by atoms with E-state index in [0.717, 1.165) is 12.8 Å². The molecule has 102 valence electrons. The summed E-state index contributed by atoms with van der Waals surface area (Å²) in [6.45, 7) is 3.84. The van der Waals surface area contributed by atoms with Gasteiger partial charge < -0.3 is 10.1 Å². The molecule has 0 radical (unpaired) electrons. The van der Waals surface area contributed by atoms with Crippen LogP contribution in [0.4, 0.5) is 0 Å². The van der Waals surface area contributed by atoms with Crippen molar-refractivity contribution in [1.82, 2.24) is 5.32 Å². The molecule has 1 fully saturated rings. The zero-order valence-corrected chi connectivity index (χ0v) is 11.0. The van der Waals surface area contributed by atoms with Crippen LogP contribution in [0.5, 0.6) is 0 Å². The first kappa shape index (κ1) is 14.7. The highest BCUT2D eigenvalue weighted by Gasteiger charge is 2.17. The molecule has 0 saturated heterocycles. The van der Waals surface area contributed by atoms with Crippen LogP contribution < -0.4 is 5.32 Å². The van der Waals surface area contributed by atoms with E-state index in [2.05, 4.69) is 11.9 Å². The van der Waals surface area contributed by atoms with Gasteiger partial charge in [-0.3, -0.25) is 9.59 Å². The minimum Gasteiger partial charge on any atom is -0.464 e. The lowest BCUT2D eigenvalue weighted by atomic mass is 9.87. The second-order valence-corrected chi connectivity index (χ2v) is 4.78. The van der Waals surface area contributed by atoms with Crippen LogP contribution in [-0.4, -0.2) is 25.0 Å².